The molecule has 4 N–H and O–H groups in total. The molecule has 2 aromatic carbocycles. The Hall–Kier alpha value is -2.18. The third kappa shape index (κ3) is 4.23. The summed E-state index contributed by atoms with van der Waals surface area (Å²) < 4.78 is 25.6. The molecule has 0 spiro atoms. The van der Waals surface area contributed by atoms with E-state index in [0.29, 0.717) is 4.47 Å². The van der Waals surface area contributed by atoms with E-state index in [9.17, 15) is 28.2 Å². The van der Waals surface area contributed by atoms with Gasteiger partial charge in [-0.2, -0.15) is 0 Å². The van der Waals surface area contributed by atoms with Crippen LogP contribution in [0.5, 0.6) is 5.75 Å². The molecule has 0 aliphatic rings. The lowest BCUT2D eigenvalue weighted by Gasteiger charge is -2.24. The number of anilines is 3. The lowest BCUT2D eigenvalue weighted by molar-refractivity contribution is -0.0259. The Morgan fingerprint density at radius 2 is 1.79 bits per heavy atom. The minimum absolute atomic E-state index is 0.0393. The molecule has 0 saturated carbocycles. The highest BCUT2D eigenvalue weighted by molar-refractivity contribution is 7.89. The zero-order chi connectivity index (χ0) is 22.1. The second-order valence-electron chi connectivity index (χ2n) is 6.58. The molecule has 0 heterocycles. The van der Waals surface area contributed by atoms with E-state index >= 15 is 0 Å². The number of nitrogens with zero attached hydrogens (tertiary/aromatic N) is 1. The number of hydroxylamine groups is 1. The summed E-state index contributed by atoms with van der Waals surface area (Å²) in [6.07, 6.45) is 0. The molecule has 0 radical (unpaired) electrons. The van der Waals surface area contributed by atoms with Gasteiger partial charge in [0.05, 0.1) is 30.5 Å². The number of halogens is 1. The van der Waals surface area contributed by atoms with Gasteiger partial charge in [-0.15, -0.1) is 0 Å². The van der Waals surface area contributed by atoms with E-state index in [1.165, 1.54) is 12.1 Å². The van der Waals surface area contributed by atoms with Crippen molar-refractivity contribution >= 4 is 38.7 Å². The maximum Gasteiger partial charge on any atom is 0.269 e. The van der Waals surface area contributed by atoms with Crippen LogP contribution in [0.1, 0.15) is 13.8 Å². The lowest BCUT2D eigenvalue weighted by Crippen LogP contribution is -2.41. The number of phenols is 1. The molecule has 0 aliphatic heterocycles. The van der Waals surface area contributed by atoms with Gasteiger partial charge in [-0.05, 0) is 18.1 Å². The molecule has 1 atom stereocenters. The normalized spacial score (nSPS) is 13.2. The SMILES string of the molecule is CON(C)S(=O)(=O)c1c(Cl)ccc(Nc2c(NC(CO)C(C)C)c(=O)c2=O)c1O. The van der Waals surface area contributed by atoms with Crippen LogP contribution in [0.2, 0.25) is 5.02 Å². The smallest absolute Gasteiger partial charge is 0.269 e. The van der Waals surface area contributed by atoms with Gasteiger partial charge in [0.1, 0.15) is 16.3 Å². The van der Waals surface area contributed by atoms with Gasteiger partial charge >= 0.3 is 0 Å². The first-order chi connectivity index (χ1) is 13.5. The molecule has 0 aromatic heterocycles. The maximum atomic E-state index is 12.5. The summed E-state index contributed by atoms with van der Waals surface area (Å²) in [7, 11) is -2.06. The van der Waals surface area contributed by atoms with E-state index in [1.807, 2.05) is 13.8 Å². The number of hydrogen-bond acceptors (Lipinski definition) is 9. The molecule has 12 heteroatoms. The number of aliphatic hydroxyl groups excluding tert-OH is 1. The molecule has 2 aromatic rings. The van der Waals surface area contributed by atoms with Gasteiger partial charge in [0.25, 0.3) is 20.9 Å². The summed E-state index contributed by atoms with van der Waals surface area (Å²) in [6, 6.07) is 1.99. The van der Waals surface area contributed by atoms with Crippen LogP contribution >= 0.6 is 11.6 Å². The lowest BCUT2D eigenvalue weighted by atomic mass is 10.0. The fraction of sp³-hybridized carbons (Fsp3) is 0.412. The topological polar surface area (TPSA) is 145 Å². The summed E-state index contributed by atoms with van der Waals surface area (Å²) in [5.74, 6) is -0.787. The number of aliphatic hydroxyl groups is 1. The predicted molar refractivity (Wildman–Crippen MR) is 109 cm³/mol. The molecule has 10 nitrogen and oxygen atoms in total. The average molecular weight is 448 g/mol. The van der Waals surface area contributed by atoms with E-state index in [1.54, 1.807) is 0 Å². The van der Waals surface area contributed by atoms with Crippen LogP contribution in [0.15, 0.2) is 26.6 Å². The largest absolute Gasteiger partial charge is 0.504 e. The Morgan fingerprint density at radius 1 is 1.21 bits per heavy atom. The van der Waals surface area contributed by atoms with Crippen LogP contribution in [-0.4, -0.2) is 49.9 Å². The zero-order valence-corrected chi connectivity index (χ0v) is 17.8. The van der Waals surface area contributed by atoms with Crippen LogP contribution < -0.4 is 21.5 Å². The van der Waals surface area contributed by atoms with Crippen molar-refractivity contribution in [3.63, 3.8) is 0 Å². The minimum atomic E-state index is -4.30. The highest BCUT2D eigenvalue weighted by Gasteiger charge is 2.31. The van der Waals surface area contributed by atoms with E-state index in [-0.39, 0.29) is 34.6 Å². The molecule has 0 aliphatic carbocycles. The first-order valence-electron chi connectivity index (χ1n) is 8.49. The third-order valence-electron chi connectivity index (χ3n) is 4.44. The van der Waals surface area contributed by atoms with Gasteiger partial charge < -0.3 is 20.8 Å². The van der Waals surface area contributed by atoms with Crippen molar-refractivity contribution in [3.05, 3.63) is 37.6 Å². The molecule has 0 fully saturated rings. The molecule has 0 bridgehead atoms. The van der Waals surface area contributed by atoms with Crippen molar-refractivity contribution in [2.45, 2.75) is 24.8 Å². The van der Waals surface area contributed by atoms with Gasteiger partial charge in [0.2, 0.25) is 0 Å². The number of aromatic hydroxyl groups is 1. The number of phenolic OH excluding ortho intramolecular Hbond substituents is 1. The molecular formula is C17H22ClN3O7S. The Bertz CT molecular complexity index is 1080. The summed E-state index contributed by atoms with van der Waals surface area (Å²) in [5, 5.41) is 25.0. The molecule has 29 heavy (non-hydrogen) atoms. The molecular weight excluding hydrogens is 426 g/mol. The summed E-state index contributed by atoms with van der Waals surface area (Å²) in [4.78, 5) is 28.0. The van der Waals surface area contributed by atoms with Crippen molar-refractivity contribution in [1.82, 2.24) is 4.47 Å². The zero-order valence-electron chi connectivity index (χ0n) is 16.2. The fourth-order valence-electron chi connectivity index (χ4n) is 2.51. The Balaban J connectivity index is 2.48. The van der Waals surface area contributed by atoms with Crippen molar-refractivity contribution in [1.29, 1.82) is 0 Å². The van der Waals surface area contributed by atoms with E-state index < -0.39 is 37.6 Å². The molecule has 0 saturated heterocycles. The Morgan fingerprint density at radius 3 is 2.31 bits per heavy atom. The Kier molecular flexibility index (Phi) is 6.91. The van der Waals surface area contributed by atoms with Gasteiger partial charge in [-0.25, -0.2) is 8.42 Å². The Labute approximate surface area is 172 Å². The number of nitrogens with one attached hydrogen (secondary N) is 2. The number of benzene rings is 1. The van der Waals surface area contributed by atoms with Crippen molar-refractivity contribution < 1.29 is 23.5 Å². The molecule has 160 valence electrons. The van der Waals surface area contributed by atoms with E-state index in [2.05, 4.69) is 15.5 Å². The second-order valence-corrected chi connectivity index (χ2v) is 8.86. The van der Waals surface area contributed by atoms with Crippen LogP contribution in [0, 0.1) is 5.92 Å². The number of sulfonamides is 1. The summed E-state index contributed by atoms with van der Waals surface area (Å²) >= 11 is 5.95. The summed E-state index contributed by atoms with van der Waals surface area (Å²) in [5.41, 5.74) is -2.00. The quantitative estimate of drug-likeness (QED) is 0.251. The van der Waals surface area contributed by atoms with Crippen LogP contribution in [0.3, 0.4) is 0 Å². The monoisotopic (exact) mass is 447 g/mol. The van der Waals surface area contributed by atoms with Crippen LogP contribution in [-0.2, 0) is 14.9 Å². The van der Waals surface area contributed by atoms with Gasteiger partial charge in [0.15, 0.2) is 5.75 Å². The second kappa shape index (κ2) is 8.67. The molecule has 1 unspecified atom stereocenters. The minimum Gasteiger partial charge on any atom is -0.504 e. The van der Waals surface area contributed by atoms with Gasteiger partial charge in [-0.3, -0.25) is 14.4 Å². The van der Waals surface area contributed by atoms with E-state index in [4.69, 9.17) is 11.6 Å². The highest BCUT2D eigenvalue weighted by Crippen LogP contribution is 2.39. The maximum absolute atomic E-state index is 12.5. The third-order valence-corrected chi connectivity index (χ3v) is 6.62. The fourth-order valence-corrected chi connectivity index (χ4v) is 4.08. The van der Waals surface area contributed by atoms with Crippen molar-refractivity contribution in [3.8, 4) is 5.75 Å². The number of rotatable bonds is 9. The highest BCUT2D eigenvalue weighted by atomic mass is 35.5. The first-order valence-corrected chi connectivity index (χ1v) is 10.3. The van der Waals surface area contributed by atoms with E-state index in [0.717, 1.165) is 14.2 Å². The predicted octanol–water partition coefficient (Wildman–Crippen LogP) is 0.996. The van der Waals surface area contributed by atoms with Crippen LogP contribution in [0.4, 0.5) is 17.1 Å². The standard InChI is InChI=1S/C17H22ClN3O7S/c1-8(2)11(7-22)20-13-12(15(24)16(13)25)19-10-6-5-9(18)17(14(10)23)29(26,27)21(3)28-4/h5-6,8,11,19-20,22-23H,7H2,1-4H3. The number of hydrogen-bond donors (Lipinski definition) is 4. The van der Waals surface area contributed by atoms with Crippen molar-refractivity contribution in [2.24, 2.45) is 5.92 Å². The molecule has 2 rings (SSSR count). The van der Waals surface area contributed by atoms with Gasteiger partial charge in [0, 0.05) is 7.05 Å². The van der Waals surface area contributed by atoms with Crippen molar-refractivity contribution in [2.75, 3.05) is 31.4 Å². The average Bonchev–Trinajstić information content (AvgIpc) is 2.67. The van der Waals surface area contributed by atoms with Crippen LogP contribution in [0.25, 0.3) is 0 Å². The van der Waals surface area contributed by atoms with Gasteiger partial charge in [-0.1, -0.05) is 29.9 Å². The molecule has 0 amide bonds. The summed E-state index contributed by atoms with van der Waals surface area (Å²) in [6.45, 7) is 3.37. The first kappa shape index (κ1) is 23.1.